The first kappa shape index (κ1) is 22.2. The Hall–Kier alpha value is -2.08. The summed E-state index contributed by atoms with van der Waals surface area (Å²) in [6.07, 6.45) is 5.04. The number of halogens is 1. The summed E-state index contributed by atoms with van der Waals surface area (Å²) in [5.74, 6) is -1.05. The number of benzene rings is 1. The zero-order chi connectivity index (χ0) is 20.4. The zero-order valence-corrected chi connectivity index (χ0v) is 17.1. The maximum atomic E-state index is 12.9. The molecule has 1 N–H and O–H groups in total. The van der Waals surface area contributed by atoms with Crippen molar-refractivity contribution in [3.8, 4) is 0 Å². The number of hydrogen-bond donors (Lipinski definition) is 1. The molecule has 0 aromatic heterocycles. The minimum absolute atomic E-state index is 0.242. The van der Waals surface area contributed by atoms with E-state index in [0.717, 1.165) is 24.8 Å². The Morgan fingerprint density at radius 2 is 1.89 bits per heavy atom. The summed E-state index contributed by atoms with van der Waals surface area (Å²) in [6.45, 7) is 2.08. The second-order valence-electron chi connectivity index (χ2n) is 6.99. The topological polar surface area (TPSA) is 81.7 Å². The third kappa shape index (κ3) is 6.23. The van der Waals surface area contributed by atoms with Gasteiger partial charge in [-0.3, -0.25) is 14.4 Å². The van der Waals surface area contributed by atoms with Crippen LogP contribution in [0, 0.1) is 0 Å². The summed E-state index contributed by atoms with van der Waals surface area (Å²) >= 11 is 6.12. The van der Waals surface area contributed by atoms with Gasteiger partial charge in [0.25, 0.3) is 5.91 Å². The Labute approximate surface area is 170 Å². The van der Waals surface area contributed by atoms with Crippen LogP contribution in [0.4, 0.5) is 0 Å². The first-order valence-electron chi connectivity index (χ1n) is 9.83. The first-order valence-corrected chi connectivity index (χ1v) is 10.2. The third-order valence-corrected chi connectivity index (χ3v) is 5.23. The molecule has 0 atom stereocenters. The van der Waals surface area contributed by atoms with E-state index in [1.54, 1.807) is 13.0 Å². The zero-order valence-electron chi connectivity index (χ0n) is 16.3. The van der Waals surface area contributed by atoms with Gasteiger partial charge in [0.2, 0.25) is 0 Å². The number of rotatable bonds is 9. The molecule has 154 valence electrons. The van der Waals surface area contributed by atoms with Crippen LogP contribution in [0.1, 0.15) is 57.4 Å². The number of carbonyl (C=O) groups excluding carboxylic acids is 3. The van der Waals surface area contributed by atoms with Crippen LogP contribution in [0.25, 0.3) is 0 Å². The average molecular weight is 410 g/mol. The molecule has 1 saturated carbocycles. The molecular formula is C21H28ClNO5. The van der Waals surface area contributed by atoms with Crippen LogP contribution in [-0.2, 0) is 29.3 Å². The molecule has 0 unspecified atom stereocenters. The third-order valence-electron chi connectivity index (χ3n) is 4.99. The smallest absolute Gasteiger partial charge is 0.317 e. The molecule has 1 aromatic rings. The molecule has 0 radical (unpaired) electrons. The molecule has 1 fully saturated rings. The van der Waals surface area contributed by atoms with Gasteiger partial charge in [0, 0.05) is 18.0 Å². The number of nitrogens with one attached hydrogen (secondary N) is 1. The second kappa shape index (κ2) is 11.1. The highest BCUT2D eigenvalue weighted by Crippen LogP contribution is 2.41. The van der Waals surface area contributed by atoms with Gasteiger partial charge >= 0.3 is 11.9 Å². The fraction of sp³-hybridized carbons (Fsp3) is 0.571. The van der Waals surface area contributed by atoms with E-state index in [2.05, 4.69) is 5.32 Å². The van der Waals surface area contributed by atoms with Gasteiger partial charge in [-0.2, -0.15) is 0 Å². The second-order valence-corrected chi connectivity index (χ2v) is 7.42. The number of carbonyl (C=O) groups is 3. The normalized spacial score (nSPS) is 15.5. The van der Waals surface area contributed by atoms with E-state index < -0.39 is 5.41 Å². The Kier molecular flexibility index (Phi) is 8.77. The van der Waals surface area contributed by atoms with Crippen LogP contribution in [0.5, 0.6) is 0 Å². The minimum atomic E-state index is -0.743. The minimum Gasteiger partial charge on any atom is -0.466 e. The van der Waals surface area contributed by atoms with E-state index in [4.69, 9.17) is 21.1 Å². The van der Waals surface area contributed by atoms with Crippen molar-refractivity contribution < 1.29 is 23.9 Å². The lowest BCUT2D eigenvalue weighted by atomic mass is 9.69. The molecule has 2 rings (SSSR count). The molecule has 0 bridgehead atoms. The van der Waals surface area contributed by atoms with Crippen molar-refractivity contribution >= 4 is 29.4 Å². The van der Waals surface area contributed by atoms with Crippen molar-refractivity contribution in [3.05, 3.63) is 34.9 Å². The maximum absolute atomic E-state index is 12.9. The summed E-state index contributed by atoms with van der Waals surface area (Å²) in [4.78, 5) is 36.1. The average Bonchev–Trinajstić information content (AvgIpc) is 2.70. The van der Waals surface area contributed by atoms with E-state index in [1.807, 2.05) is 18.2 Å². The highest BCUT2D eigenvalue weighted by molar-refractivity contribution is 6.30. The van der Waals surface area contributed by atoms with Gasteiger partial charge in [-0.15, -0.1) is 0 Å². The molecule has 6 nitrogen and oxygen atoms in total. The van der Waals surface area contributed by atoms with E-state index in [9.17, 15) is 14.4 Å². The molecular weight excluding hydrogens is 382 g/mol. The molecule has 0 saturated heterocycles. The van der Waals surface area contributed by atoms with E-state index in [-0.39, 0.29) is 30.9 Å². The standard InChI is InChI=1S/C21H28ClNO5/c1-2-27-19(25)10-7-13-23-18(24)15-28-20(26)21(11-4-3-5-12-21)16-8-6-9-17(22)14-16/h6,8-9,14H,2-5,7,10-13,15H2,1H3,(H,23,24). The summed E-state index contributed by atoms with van der Waals surface area (Å²) in [7, 11) is 0. The quantitative estimate of drug-likeness (QED) is 0.498. The van der Waals surface area contributed by atoms with Gasteiger partial charge in [0.15, 0.2) is 6.61 Å². The van der Waals surface area contributed by atoms with Gasteiger partial charge in [-0.25, -0.2) is 0 Å². The van der Waals surface area contributed by atoms with Crippen molar-refractivity contribution in [3.63, 3.8) is 0 Å². The fourth-order valence-electron chi connectivity index (χ4n) is 3.57. The number of amides is 1. The molecule has 1 aromatic carbocycles. The molecule has 28 heavy (non-hydrogen) atoms. The highest BCUT2D eigenvalue weighted by atomic mass is 35.5. The Morgan fingerprint density at radius 1 is 1.14 bits per heavy atom. The monoisotopic (exact) mass is 409 g/mol. The maximum Gasteiger partial charge on any atom is 0.317 e. The van der Waals surface area contributed by atoms with Crippen LogP contribution in [0.3, 0.4) is 0 Å². The van der Waals surface area contributed by atoms with Gasteiger partial charge < -0.3 is 14.8 Å². The van der Waals surface area contributed by atoms with Crippen molar-refractivity contribution in [2.24, 2.45) is 0 Å². The van der Waals surface area contributed by atoms with Gasteiger partial charge in [0.1, 0.15) is 0 Å². The van der Waals surface area contributed by atoms with Crippen LogP contribution in [0.2, 0.25) is 5.02 Å². The van der Waals surface area contributed by atoms with Crippen molar-refractivity contribution in [2.45, 2.75) is 57.3 Å². The van der Waals surface area contributed by atoms with Gasteiger partial charge in [0.05, 0.1) is 12.0 Å². The summed E-state index contributed by atoms with van der Waals surface area (Å²) in [5, 5.41) is 3.23. The van der Waals surface area contributed by atoms with E-state index >= 15 is 0 Å². The number of hydrogen-bond acceptors (Lipinski definition) is 5. The Morgan fingerprint density at radius 3 is 2.57 bits per heavy atom. The van der Waals surface area contributed by atoms with Gasteiger partial charge in [-0.1, -0.05) is 43.0 Å². The molecule has 0 spiro atoms. The number of esters is 2. The predicted molar refractivity (Wildman–Crippen MR) is 106 cm³/mol. The highest BCUT2D eigenvalue weighted by Gasteiger charge is 2.42. The molecule has 7 heteroatoms. The summed E-state index contributed by atoms with van der Waals surface area (Å²) in [5.41, 5.74) is 0.104. The van der Waals surface area contributed by atoms with Crippen LogP contribution in [-0.4, -0.2) is 37.6 Å². The molecule has 1 aliphatic carbocycles. The molecule has 1 aliphatic rings. The lowest BCUT2D eigenvalue weighted by Crippen LogP contribution is -2.41. The van der Waals surface area contributed by atoms with Crippen molar-refractivity contribution in [1.82, 2.24) is 5.32 Å². The Bertz CT molecular complexity index is 685. The van der Waals surface area contributed by atoms with Crippen LogP contribution >= 0.6 is 11.6 Å². The van der Waals surface area contributed by atoms with E-state index in [0.29, 0.717) is 37.4 Å². The molecule has 0 heterocycles. The van der Waals surface area contributed by atoms with E-state index in [1.165, 1.54) is 0 Å². The van der Waals surface area contributed by atoms with Gasteiger partial charge in [-0.05, 0) is 43.9 Å². The molecule has 0 aliphatic heterocycles. The lowest BCUT2D eigenvalue weighted by molar-refractivity contribution is -0.155. The van der Waals surface area contributed by atoms with Crippen molar-refractivity contribution in [1.29, 1.82) is 0 Å². The predicted octanol–water partition coefficient (Wildman–Crippen LogP) is 3.54. The Balaban J connectivity index is 1.87. The largest absolute Gasteiger partial charge is 0.466 e. The summed E-state index contributed by atoms with van der Waals surface area (Å²) < 4.78 is 10.2. The van der Waals surface area contributed by atoms with Crippen LogP contribution in [0.15, 0.2) is 24.3 Å². The van der Waals surface area contributed by atoms with Crippen LogP contribution < -0.4 is 5.32 Å². The molecule has 1 amide bonds. The summed E-state index contributed by atoms with van der Waals surface area (Å²) in [6, 6.07) is 7.31. The number of ether oxygens (including phenoxy) is 2. The SMILES string of the molecule is CCOC(=O)CCCNC(=O)COC(=O)C1(c2cccc(Cl)c2)CCCCC1. The first-order chi connectivity index (χ1) is 13.5. The van der Waals surface area contributed by atoms with Crippen molar-refractivity contribution in [2.75, 3.05) is 19.8 Å². The lowest BCUT2D eigenvalue weighted by Gasteiger charge is -2.35. The fourth-order valence-corrected chi connectivity index (χ4v) is 3.76.